The Kier molecular flexibility index (Phi) is 5.03. The number of carbonyl (C=O) groups is 3. The summed E-state index contributed by atoms with van der Waals surface area (Å²) in [5.41, 5.74) is 0.577. The van der Waals surface area contributed by atoms with Crippen LogP contribution in [0.15, 0.2) is 11.3 Å². The van der Waals surface area contributed by atoms with Crippen molar-refractivity contribution in [2.75, 3.05) is 6.54 Å². The Labute approximate surface area is 166 Å². The number of hydrogen-bond donors (Lipinski definition) is 2. The molecule has 2 aliphatic heterocycles. The topological polar surface area (TPSA) is 102 Å². The van der Waals surface area contributed by atoms with Crippen LogP contribution < -0.4 is 10.6 Å². The van der Waals surface area contributed by atoms with Crippen molar-refractivity contribution in [3.05, 3.63) is 11.3 Å². The van der Waals surface area contributed by atoms with Gasteiger partial charge < -0.3 is 15.5 Å². The van der Waals surface area contributed by atoms with Crippen LogP contribution in [0.1, 0.15) is 60.3 Å². The number of amides is 3. The standard InChI is InChI=1S/C21H30N4O3/c1-12-13(2)23-19(28)21(12)8-15(10-22)25(11-21)18(27)16(9-20(3,4)5)17(26)24-14-6-7-14/h14-16H,6-9,11H2,1-5H3,(H,23,28)(H,24,26)/t15?,16-,21?/m1/s1. The molecule has 1 saturated carbocycles. The Morgan fingerprint density at radius 2 is 2.00 bits per heavy atom. The molecule has 0 bridgehead atoms. The Balaban J connectivity index is 1.88. The highest BCUT2D eigenvalue weighted by molar-refractivity contribution is 6.02. The van der Waals surface area contributed by atoms with E-state index in [0.717, 1.165) is 24.1 Å². The minimum atomic E-state index is -0.862. The van der Waals surface area contributed by atoms with Gasteiger partial charge in [-0.2, -0.15) is 5.26 Å². The van der Waals surface area contributed by atoms with Crippen molar-refractivity contribution in [3.63, 3.8) is 0 Å². The van der Waals surface area contributed by atoms with Crippen LogP contribution in [0.2, 0.25) is 0 Å². The summed E-state index contributed by atoms with van der Waals surface area (Å²) in [6.07, 6.45) is 2.56. The molecular weight excluding hydrogens is 356 g/mol. The summed E-state index contributed by atoms with van der Waals surface area (Å²) >= 11 is 0. The molecule has 28 heavy (non-hydrogen) atoms. The number of nitrogens with one attached hydrogen (secondary N) is 2. The summed E-state index contributed by atoms with van der Waals surface area (Å²) < 4.78 is 0. The number of carbonyl (C=O) groups excluding carboxylic acids is 3. The van der Waals surface area contributed by atoms with E-state index in [4.69, 9.17) is 0 Å². The second-order valence-corrected chi connectivity index (χ2v) is 9.70. The number of hydrogen-bond acceptors (Lipinski definition) is 4. The SMILES string of the molecule is CC1=C(C)C2(CC(C#N)N(C(=O)[C@H](CC(C)(C)C)C(=O)NC3CC3)C2)C(=O)N1. The zero-order valence-corrected chi connectivity index (χ0v) is 17.4. The lowest BCUT2D eigenvalue weighted by atomic mass is 9.79. The van der Waals surface area contributed by atoms with Gasteiger partial charge in [-0.25, -0.2) is 0 Å². The summed E-state index contributed by atoms with van der Waals surface area (Å²) in [7, 11) is 0. The average Bonchev–Trinajstić information content (AvgIpc) is 3.28. The molecule has 2 N–H and O–H groups in total. The van der Waals surface area contributed by atoms with Gasteiger partial charge in [0.1, 0.15) is 12.0 Å². The fourth-order valence-electron chi connectivity index (χ4n) is 4.24. The molecule has 0 aromatic carbocycles. The fraction of sp³-hybridized carbons (Fsp3) is 0.714. The van der Waals surface area contributed by atoms with Crippen molar-refractivity contribution in [3.8, 4) is 6.07 Å². The van der Waals surface area contributed by atoms with E-state index < -0.39 is 17.4 Å². The number of likely N-dealkylation sites (tertiary alicyclic amines) is 1. The van der Waals surface area contributed by atoms with Gasteiger partial charge >= 0.3 is 0 Å². The van der Waals surface area contributed by atoms with Crippen molar-refractivity contribution >= 4 is 17.7 Å². The maximum absolute atomic E-state index is 13.4. The first-order chi connectivity index (χ1) is 13.0. The van der Waals surface area contributed by atoms with Gasteiger partial charge in [-0.1, -0.05) is 20.8 Å². The number of nitriles is 1. The molecular formula is C21H30N4O3. The molecule has 2 fully saturated rings. The van der Waals surface area contributed by atoms with Crippen molar-refractivity contribution in [1.82, 2.24) is 15.5 Å². The third-order valence-electron chi connectivity index (χ3n) is 6.16. The largest absolute Gasteiger partial charge is 0.353 e. The third-order valence-corrected chi connectivity index (χ3v) is 6.16. The van der Waals surface area contributed by atoms with Gasteiger partial charge in [0.25, 0.3) is 0 Å². The maximum atomic E-state index is 13.4. The molecule has 1 saturated heterocycles. The highest BCUT2D eigenvalue weighted by Crippen LogP contribution is 2.46. The molecule has 152 valence electrons. The van der Waals surface area contributed by atoms with E-state index in [-0.39, 0.29) is 42.1 Å². The van der Waals surface area contributed by atoms with Gasteiger partial charge in [0.2, 0.25) is 17.7 Å². The van der Waals surface area contributed by atoms with E-state index >= 15 is 0 Å². The lowest BCUT2D eigenvalue weighted by molar-refractivity contribution is -0.143. The van der Waals surface area contributed by atoms with Crippen molar-refractivity contribution in [2.24, 2.45) is 16.7 Å². The Morgan fingerprint density at radius 3 is 2.46 bits per heavy atom. The summed E-state index contributed by atoms with van der Waals surface area (Å²) in [6, 6.07) is 1.63. The molecule has 0 aromatic heterocycles. The molecule has 3 rings (SSSR count). The molecule has 3 amide bonds. The van der Waals surface area contributed by atoms with Gasteiger partial charge in [0, 0.05) is 24.7 Å². The highest BCUT2D eigenvalue weighted by atomic mass is 16.2. The van der Waals surface area contributed by atoms with Gasteiger partial charge in [-0.3, -0.25) is 14.4 Å². The minimum absolute atomic E-state index is 0.149. The van der Waals surface area contributed by atoms with E-state index in [1.807, 2.05) is 34.6 Å². The van der Waals surface area contributed by atoms with Crippen molar-refractivity contribution in [2.45, 2.75) is 72.4 Å². The van der Waals surface area contributed by atoms with Crippen molar-refractivity contribution in [1.29, 1.82) is 5.26 Å². The van der Waals surface area contributed by atoms with Crippen LogP contribution in [0.3, 0.4) is 0 Å². The first-order valence-electron chi connectivity index (χ1n) is 9.98. The smallest absolute Gasteiger partial charge is 0.236 e. The second-order valence-electron chi connectivity index (χ2n) is 9.70. The molecule has 2 heterocycles. The second kappa shape index (κ2) is 6.91. The predicted octanol–water partition coefficient (Wildman–Crippen LogP) is 1.85. The first-order valence-corrected chi connectivity index (χ1v) is 9.98. The first kappa shape index (κ1) is 20.4. The number of rotatable bonds is 4. The van der Waals surface area contributed by atoms with E-state index in [1.54, 1.807) is 0 Å². The van der Waals surface area contributed by atoms with Crippen LogP contribution >= 0.6 is 0 Å². The average molecular weight is 386 g/mol. The molecule has 2 unspecified atom stereocenters. The molecule has 0 aromatic rings. The fourth-order valence-corrected chi connectivity index (χ4v) is 4.24. The quantitative estimate of drug-likeness (QED) is 0.720. The van der Waals surface area contributed by atoms with Gasteiger partial charge in [-0.15, -0.1) is 0 Å². The monoisotopic (exact) mass is 386 g/mol. The molecule has 7 nitrogen and oxygen atoms in total. The van der Waals surface area contributed by atoms with Crippen molar-refractivity contribution < 1.29 is 14.4 Å². The van der Waals surface area contributed by atoms with E-state index in [0.29, 0.717) is 6.42 Å². The molecule has 3 aliphatic rings. The Hall–Kier alpha value is -2.36. The van der Waals surface area contributed by atoms with Gasteiger partial charge in [0.15, 0.2) is 0 Å². The van der Waals surface area contributed by atoms with Crippen LogP contribution in [0.4, 0.5) is 0 Å². The summed E-state index contributed by atoms with van der Waals surface area (Å²) in [5.74, 6) is -1.62. The molecule has 1 spiro atoms. The van der Waals surface area contributed by atoms with Crippen LogP contribution in [-0.2, 0) is 14.4 Å². The lowest BCUT2D eigenvalue weighted by Gasteiger charge is -2.30. The summed E-state index contributed by atoms with van der Waals surface area (Å²) in [6.45, 7) is 9.83. The molecule has 7 heteroatoms. The molecule has 3 atom stereocenters. The van der Waals surface area contributed by atoms with Gasteiger partial charge in [-0.05, 0) is 44.1 Å². The summed E-state index contributed by atoms with van der Waals surface area (Å²) in [5, 5.41) is 15.5. The predicted molar refractivity (Wildman–Crippen MR) is 103 cm³/mol. The number of allylic oxidation sites excluding steroid dienone is 1. The van der Waals surface area contributed by atoms with Gasteiger partial charge in [0.05, 0.1) is 11.5 Å². The van der Waals surface area contributed by atoms with E-state index in [9.17, 15) is 19.6 Å². The lowest BCUT2D eigenvalue weighted by Crippen LogP contribution is -2.48. The zero-order valence-electron chi connectivity index (χ0n) is 17.4. The van der Waals surface area contributed by atoms with Crippen LogP contribution in [0, 0.1) is 28.1 Å². The van der Waals surface area contributed by atoms with E-state index in [1.165, 1.54) is 4.90 Å². The number of nitrogens with zero attached hydrogens (tertiary/aromatic N) is 2. The maximum Gasteiger partial charge on any atom is 0.236 e. The minimum Gasteiger partial charge on any atom is -0.353 e. The Bertz CT molecular complexity index is 784. The normalized spacial score (nSPS) is 28.4. The highest BCUT2D eigenvalue weighted by Gasteiger charge is 2.56. The van der Waals surface area contributed by atoms with Crippen LogP contribution in [0.5, 0.6) is 0 Å². The Morgan fingerprint density at radius 1 is 1.36 bits per heavy atom. The molecule has 1 aliphatic carbocycles. The van der Waals surface area contributed by atoms with E-state index in [2.05, 4.69) is 16.7 Å². The third kappa shape index (κ3) is 3.65. The summed E-state index contributed by atoms with van der Waals surface area (Å²) in [4.78, 5) is 40.4. The van der Waals surface area contributed by atoms with Crippen LogP contribution in [0.25, 0.3) is 0 Å². The molecule has 0 radical (unpaired) electrons. The zero-order chi connectivity index (χ0) is 20.9. The van der Waals surface area contributed by atoms with Crippen LogP contribution in [-0.4, -0.2) is 41.2 Å².